The van der Waals surface area contributed by atoms with Crippen LogP contribution in [0.15, 0.2) is 5.38 Å². The van der Waals surface area contributed by atoms with Crippen LogP contribution in [0, 0.1) is 6.92 Å². The van der Waals surface area contributed by atoms with Crippen molar-refractivity contribution in [3.63, 3.8) is 0 Å². The first-order chi connectivity index (χ1) is 8.24. The van der Waals surface area contributed by atoms with Gasteiger partial charge in [0.15, 0.2) is 0 Å². The Morgan fingerprint density at radius 2 is 2.53 bits per heavy atom. The molecule has 17 heavy (non-hydrogen) atoms. The third-order valence-corrected chi connectivity index (χ3v) is 4.24. The molecule has 0 spiro atoms. The maximum absolute atomic E-state index is 12.2. The van der Waals surface area contributed by atoms with Crippen LogP contribution in [0.1, 0.15) is 10.7 Å². The summed E-state index contributed by atoms with van der Waals surface area (Å²) in [4.78, 5) is 20.5. The van der Waals surface area contributed by atoms with Gasteiger partial charge in [-0.15, -0.1) is 11.3 Å². The van der Waals surface area contributed by atoms with Crippen molar-refractivity contribution >= 4 is 17.4 Å². The number of fused-ring (bicyclic) bond motifs is 1. The minimum Gasteiger partial charge on any atom is -0.317 e. The van der Waals surface area contributed by atoms with Gasteiger partial charge in [0.2, 0.25) is 0 Å². The number of aryl methyl sites for hydroxylation is 1. The summed E-state index contributed by atoms with van der Waals surface area (Å²) in [5.41, 5.74) is 1.04. The molecule has 3 heterocycles. The highest BCUT2D eigenvalue weighted by Gasteiger charge is 2.38. The minimum atomic E-state index is 0.171. The lowest BCUT2D eigenvalue weighted by Gasteiger charge is -2.28. The predicted molar refractivity (Wildman–Crippen MR) is 66.0 cm³/mol. The number of hydrogen-bond acceptors (Lipinski definition) is 4. The molecule has 5 nitrogen and oxygen atoms in total. The number of nitrogens with zero attached hydrogens (tertiary/aromatic N) is 3. The molecule has 0 saturated carbocycles. The summed E-state index contributed by atoms with van der Waals surface area (Å²) in [6, 6.07) is 0.515. The molecule has 92 valence electrons. The van der Waals surface area contributed by atoms with Gasteiger partial charge in [0.1, 0.15) is 5.01 Å². The first kappa shape index (κ1) is 11.0. The van der Waals surface area contributed by atoms with E-state index in [2.05, 4.69) is 10.3 Å². The van der Waals surface area contributed by atoms with Gasteiger partial charge in [-0.3, -0.25) is 0 Å². The summed E-state index contributed by atoms with van der Waals surface area (Å²) < 4.78 is 0. The van der Waals surface area contributed by atoms with Crippen molar-refractivity contribution in [2.24, 2.45) is 0 Å². The zero-order valence-corrected chi connectivity index (χ0v) is 10.7. The number of amides is 2. The van der Waals surface area contributed by atoms with E-state index in [1.54, 1.807) is 11.3 Å². The molecule has 0 aliphatic carbocycles. The summed E-state index contributed by atoms with van der Waals surface area (Å²) in [5, 5.41) is 6.40. The average Bonchev–Trinajstić information content (AvgIpc) is 2.86. The molecule has 0 aromatic carbocycles. The maximum Gasteiger partial charge on any atom is 0.320 e. The number of thiazole rings is 1. The fraction of sp³-hybridized carbons (Fsp3) is 0.636. The number of urea groups is 1. The third kappa shape index (κ3) is 2.02. The molecule has 2 fully saturated rings. The van der Waals surface area contributed by atoms with Gasteiger partial charge in [-0.1, -0.05) is 0 Å². The zero-order chi connectivity index (χ0) is 11.8. The molecule has 1 N–H and O–H groups in total. The molecule has 2 aliphatic heterocycles. The van der Waals surface area contributed by atoms with Gasteiger partial charge in [0, 0.05) is 37.3 Å². The highest BCUT2D eigenvalue weighted by molar-refractivity contribution is 7.09. The Morgan fingerprint density at radius 3 is 3.24 bits per heavy atom. The van der Waals surface area contributed by atoms with Crippen molar-refractivity contribution in [1.29, 1.82) is 0 Å². The number of piperazine rings is 1. The number of rotatable bonds is 2. The van der Waals surface area contributed by atoms with Crippen LogP contribution in [-0.2, 0) is 6.54 Å². The molecule has 1 atom stereocenters. The number of aromatic nitrogens is 1. The van der Waals surface area contributed by atoms with Crippen molar-refractivity contribution in [2.75, 3.05) is 26.2 Å². The molecular weight excluding hydrogens is 236 g/mol. The molecule has 1 aromatic rings. The van der Waals surface area contributed by atoms with Crippen molar-refractivity contribution in [2.45, 2.75) is 19.5 Å². The number of hydrogen-bond donors (Lipinski definition) is 1. The van der Waals surface area contributed by atoms with Crippen molar-refractivity contribution in [3.05, 3.63) is 16.1 Å². The fourth-order valence-electron chi connectivity index (χ4n) is 2.46. The molecular formula is C11H16N4OS. The van der Waals surface area contributed by atoms with Crippen LogP contribution in [0.4, 0.5) is 4.79 Å². The lowest BCUT2D eigenvalue weighted by atomic mass is 10.2. The summed E-state index contributed by atoms with van der Waals surface area (Å²) in [6.07, 6.45) is 0. The third-order valence-electron chi connectivity index (χ3n) is 3.29. The van der Waals surface area contributed by atoms with Crippen LogP contribution in [0.25, 0.3) is 0 Å². The molecule has 1 aromatic heterocycles. The van der Waals surface area contributed by atoms with E-state index < -0.39 is 0 Å². The Kier molecular flexibility index (Phi) is 2.76. The second kappa shape index (κ2) is 4.27. The van der Waals surface area contributed by atoms with Crippen LogP contribution in [0.2, 0.25) is 0 Å². The Labute approximate surface area is 104 Å². The molecule has 6 heteroatoms. The van der Waals surface area contributed by atoms with Gasteiger partial charge in [0.05, 0.1) is 12.6 Å². The van der Waals surface area contributed by atoms with Gasteiger partial charge >= 0.3 is 6.03 Å². The zero-order valence-electron chi connectivity index (χ0n) is 9.85. The monoisotopic (exact) mass is 252 g/mol. The normalized spacial score (nSPS) is 24.3. The van der Waals surface area contributed by atoms with Gasteiger partial charge in [-0.25, -0.2) is 9.78 Å². The highest BCUT2D eigenvalue weighted by Crippen LogP contribution is 2.21. The van der Waals surface area contributed by atoms with Crippen molar-refractivity contribution < 1.29 is 4.79 Å². The second-order valence-electron chi connectivity index (χ2n) is 4.60. The topological polar surface area (TPSA) is 48.5 Å². The molecule has 3 rings (SSSR count). The molecule has 2 aliphatic rings. The van der Waals surface area contributed by atoms with Gasteiger partial charge in [-0.2, -0.15) is 0 Å². The van der Waals surface area contributed by atoms with E-state index in [1.165, 1.54) is 0 Å². The Bertz CT molecular complexity index is 433. The summed E-state index contributed by atoms with van der Waals surface area (Å²) in [6.45, 7) is 6.12. The lowest BCUT2D eigenvalue weighted by Crippen LogP contribution is -2.49. The van der Waals surface area contributed by atoms with E-state index in [4.69, 9.17) is 0 Å². The Morgan fingerprint density at radius 1 is 1.65 bits per heavy atom. The van der Waals surface area contributed by atoms with Crippen molar-refractivity contribution in [1.82, 2.24) is 20.1 Å². The van der Waals surface area contributed by atoms with Crippen LogP contribution in [-0.4, -0.2) is 53.0 Å². The summed E-state index contributed by atoms with van der Waals surface area (Å²) in [7, 11) is 0. The first-order valence-corrected chi connectivity index (χ1v) is 6.79. The Hall–Kier alpha value is -1.14. The van der Waals surface area contributed by atoms with E-state index in [0.29, 0.717) is 12.6 Å². The summed E-state index contributed by atoms with van der Waals surface area (Å²) in [5.74, 6) is 0. The molecule has 2 saturated heterocycles. The van der Waals surface area contributed by atoms with Crippen molar-refractivity contribution in [3.8, 4) is 0 Å². The van der Waals surface area contributed by atoms with Crippen LogP contribution in [0.5, 0.6) is 0 Å². The van der Waals surface area contributed by atoms with E-state index in [1.807, 2.05) is 22.1 Å². The summed E-state index contributed by atoms with van der Waals surface area (Å²) >= 11 is 1.63. The smallest absolute Gasteiger partial charge is 0.317 e. The molecule has 0 bridgehead atoms. The second-order valence-corrected chi connectivity index (χ2v) is 5.54. The van der Waals surface area contributed by atoms with Crippen LogP contribution >= 0.6 is 11.3 Å². The lowest BCUT2D eigenvalue weighted by molar-refractivity contribution is 0.178. The number of carbonyl (C=O) groups excluding carboxylic acids is 1. The van der Waals surface area contributed by atoms with Crippen LogP contribution in [0.3, 0.4) is 0 Å². The standard InChI is InChI=1S/C11H16N4OS/c1-8-7-17-10(13-8)6-14-5-9-4-12-2-3-15(9)11(14)16/h7,9,12H,2-6H2,1H3. The first-order valence-electron chi connectivity index (χ1n) is 5.91. The highest BCUT2D eigenvalue weighted by atomic mass is 32.1. The SMILES string of the molecule is Cc1csc(CN2CC3CNCCN3C2=O)n1. The minimum absolute atomic E-state index is 0.171. The van der Waals surface area contributed by atoms with Gasteiger partial charge in [0.25, 0.3) is 0 Å². The Balaban J connectivity index is 1.70. The van der Waals surface area contributed by atoms with Gasteiger partial charge in [-0.05, 0) is 6.92 Å². The fourth-order valence-corrected chi connectivity index (χ4v) is 3.25. The number of nitrogens with one attached hydrogen (secondary N) is 1. The maximum atomic E-state index is 12.2. The van der Waals surface area contributed by atoms with E-state index in [-0.39, 0.29) is 6.03 Å². The number of carbonyl (C=O) groups is 1. The van der Waals surface area contributed by atoms with E-state index in [0.717, 1.165) is 36.9 Å². The van der Waals surface area contributed by atoms with E-state index >= 15 is 0 Å². The van der Waals surface area contributed by atoms with E-state index in [9.17, 15) is 4.79 Å². The quantitative estimate of drug-likeness (QED) is 0.841. The molecule has 0 radical (unpaired) electrons. The largest absolute Gasteiger partial charge is 0.320 e. The van der Waals surface area contributed by atoms with Gasteiger partial charge < -0.3 is 15.1 Å². The average molecular weight is 252 g/mol. The molecule has 1 unspecified atom stereocenters. The molecule has 2 amide bonds. The predicted octanol–water partition coefficient (Wildman–Crippen LogP) is 0.661. The van der Waals surface area contributed by atoms with Crippen LogP contribution < -0.4 is 5.32 Å².